The minimum absolute atomic E-state index is 0.000235. The zero-order valence-electron chi connectivity index (χ0n) is 41.2. The van der Waals surface area contributed by atoms with E-state index in [1.165, 1.54) is 205 Å². The predicted molar refractivity (Wildman–Crippen MR) is 264 cm³/mol. The van der Waals surface area contributed by atoms with Gasteiger partial charge in [0.2, 0.25) is 5.91 Å². The van der Waals surface area contributed by atoms with Crippen molar-refractivity contribution in [3.05, 3.63) is 12.2 Å². The molecule has 0 aromatic heterocycles. The number of nitrogens with one attached hydrogen (secondary N) is 1. The van der Waals surface area contributed by atoms with Gasteiger partial charge in [0, 0.05) is 12.8 Å². The van der Waals surface area contributed by atoms with E-state index in [2.05, 4.69) is 31.3 Å². The molecule has 0 spiro atoms. The van der Waals surface area contributed by atoms with Gasteiger partial charge in [0.15, 0.2) is 0 Å². The number of amides is 1. The molecule has 0 aliphatic rings. The Hall–Kier alpha value is -1.40. The summed E-state index contributed by atoms with van der Waals surface area (Å²) in [5.74, 6) is -0.0510. The van der Waals surface area contributed by atoms with E-state index in [-0.39, 0.29) is 18.5 Å². The van der Waals surface area contributed by atoms with Crippen molar-refractivity contribution in [1.82, 2.24) is 5.32 Å². The van der Waals surface area contributed by atoms with Crippen molar-refractivity contribution in [3.8, 4) is 0 Å². The maximum Gasteiger partial charge on any atom is 0.305 e. The van der Waals surface area contributed by atoms with Crippen LogP contribution >= 0.6 is 0 Å². The van der Waals surface area contributed by atoms with Crippen LogP contribution in [0, 0.1) is 0 Å². The SMILES string of the molecule is CCCCCCCCCCCCCCCCC(=O)OCCCCCCCCC/C=C\CCCCCCCC(=O)NC(CO)C(O)CCCCCCCCCCCCCCCC. The van der Waals surface area contributed by atoms with E-state index >= 15 is 0 Å². The van der Waals surface area contributed by atoms with Gasteiger partial charge in [-0.2, -0.15) is 0 Å². The number of esters is 1. The number of unbranched alkanes of at least 4 members (excludes halogenated alkanes) is 38. The first kappa shape index (κ1) is 59.6. The number of aliphatic hydroxyl groups is 2. The average Bonchev–Trinajstić information content (AvgIpc) is 3.26. The summed E-state index contributed by atoms with van der Waals surface area (Å²) in [7, 11) is 0. The molecule has 0 saturated heterocycles. The Balaban J connectivity index is 3.45. The Bertz CT molecular complexity index is 909. The van der Waals surface area contributed by atoms with E-state index < -0.39 is 12.1 Å². The lowest BCUT2D eigenvalue weighted by atomic mass is 10.0. The lowest BCUT2D eigenvalue weighted by molar-refractivity contribution is -0.143. The number of ether oxygens (including phenoxy) is 1. The van der Waals surface area contributed by atoms with E-state index in [9.17, 15) is 19.8 Å². The van der Waals surface area contributed by atoms with Gasteiger partial charge in [0.1, 0.15) is 0 Å². The minimum atomic E-state index is -0.673. The number of allylic oxidation sites excluding steroid dienone is 2. The number of aliphatic hydroxyl groups excluding tert-OH is 2. The van der Waals surface area contributed by atoms with Crippen molar-refractivity contribution in [2.75, 3.05) is 13.2 Å². The zero-order valence-corrected chi connectivity index (χ0v) is 41.2. The van der Waals surface area contributed by atoms with Crippen LogP contribution < -0.4 is 5.32 Å². The summed E-state index contributed by atoms with van der Waals surface area (Å²) in [5.41, 5.74) is 0. The zero-order chi connectivity index (χ0) is 44.4. The Labute approximate surface area is 380 Å². The minimum Gasteiger partial charge on any atom is -0.466 e. The maximum atomic E-state index is 12.4. The monoisotopic (exact) mass is 862 g/mol. The summed E-state index contributed by atoms with van der Waals surface area (Å²) < 4.78 is 5.47. The van der Waals surface area contributed by atoms with E-state index in [1.54, 1.807) is 0 Å². The molecule has 2 unspecified atom stereocenters. The highest BCUT2D eigenvalue weighted by Crippen LogP contribution is 2.17. The summed E-state index contributed by atoms with van der Waals surface area (Å²) in [6.07, 6.45) is 59.0. The molecule has 61 heavy (non-hydrogen) atoms. The van der Waals surface area contributed by atoms with Gasteiger partial charge in [-0.1, -0.05) is 251 Å². The van der Waals surface area contributed by atoms with Gasteiger partial charge in [-0.15, -0.1) is 0 Å². The molecule has 362 valence electrons. The Kier molecular flexibility index (Phi) is 50.1. The molecule has 6 nitrogen and oxygen atoms in total. The smallest absolute Gasteiger partial charge is 0.305 e. The quantitative estimate of drug-likeness (QED) is 0.0322. The third-order valence-corrected chi connectivity index (χ3v) is 12.8. The second kappa shape index (κ2) is 51.2. The van der Waals surface area contributed by atoms with Crippen molar-refractivity contribution < 1.29 is 24.5 Å². The van der Waals surface area contributed by atoms with Crippen LogP contribution in [-0.4, -0.2) is 47.4 Å². The van der Waals surface area contributed by atoms with Crippen molar-refractivity contribution in [3.63, 3.8) is 0 Å². The third kappa shape index (κ3) is 47.9. The van der Waals surface area contributed by atoms with Gasteiger partial charge in [-0.25, -0.2) is 0 Å². The molecule has 0 aliphatic carbocycles. The lowest BCUT2D eigenvalue weighted by Gasteiger charge is -2.22. The fraction of sp³-hybridized carbons (Fsp3) is 0.927. The van der Waals surface area contributed by atoms with Gasteiger partial charge >= 0.3 is 5.97 Å². The van der Waals surface area contributed by atoms with Crippen LogP contribution in [0.1, 0.15) is 303 Å². The largest absolute Gasteiger partial charge is 0.466 e. The number of hydrogen-bond donors (Lipinski definition) is 3. The summed E-state index contributed by atoms with van der Waals surface area (Å²) in [6, 6.07) is -0.552. The van der Waals surface area contributed by atoms with Crippen LogP contribution in [0.15, 0.2) is 12.2 Å². The summed E-state index contributed by atoms with van der Waals surface area (Å²) in [4.78, 5) is 24.5. The number of carbonyl (C=O) groups excluding carboxylic acids is 2. The normalized spacial score (nSPS) is 12.7. The molecular formula is C55H107NO5. The summed E-state index contributed by atoms with van der Waals surface area (Å²) in [6.45, 7) is 4.94. The van der Waals surface area contributed by atoms with Crippen LogP contribution in [0.5, 0.6) is 0 Å². The maximum absolute atomic E-state index is 12.4. The van der Waals surface area contributed by atoms with Crippen LogP contribution in [0.4, 0.5) is 0 Å². The molecule has 0 heterocycles. The van der Waals surface area contributed by atoms with Gasteiger partial charge in [0.25, 0.3) is 0 Å². The molecule has 6 heteroatoms. The van der Waals surface area contributed by atoms with Crippen molar-refractivity contribution in [1.29, 1.82) is 0 Å². The molecule has 0 aromatic rings. The van der Waals surface area contributed by atoms with Crippen molar-refractivity contribution in [2.45, 2.75) is 315 Å². The average molecular weight is 862 g/mol. The van der Waals surface area contributed by atoms with E-state index in [0.717, 1.165) is 64.2 Å². The van der Waals surface area contributed by atoms with Crippen molar-refractivity contribution in [2.24, 2.45) is 0 Å². The molecule has 0 bridgehead atoms. The second-order valence-corrected chi connectivity index (χ2v) is 18.9. The molecule has 0 aromatic carbocycles. The molecule has 0 saturated carbocycles. The summed E-state index contributed by atoms with van der Waals surface area (Å²) in [5, 5.41) is 23.2. The van der Waals surface area contributed by atoms with Gasteiger partial charge in [-0.05, 0) is 51.4 Å². The molecule has 3 N–H and O–H groups in total. The number of rotatable bonds is 51. The van der Waals surface area contributed by atoms with E-state index in [1.807, 2.05) is 0 Å². The first-order valence-corrected chi connectivity index (χ1v) is 27.4. The lowest BCUT2D eigenvalue weighted by Crippen LogP contribution is -2.45. The van der Waals surface area contributed by atoms with Gasteiger partial charge in [-0.3, -0.25) is 9.59 Å². The molecule has 0 radical (unpaired) electrons. The molecular weight excluding hydrogens is 755 g/mol. The number of carbonyl (C=O) groups is 2. The van der Waals surface area contributed by atoms with Gasteiger partial charge in [0.05, 0.1) is 25.4 Å². The van der Waals surface area contributed by atoms with Gasteiger partial charge < -0.3 is 20.3 Å². The summed E-state index contributed by atoms with van der Waals surface area (Å²) >= 11 is 0. The van der Waals surface area contributed by atoms with E-state index in [4.69, 9.17) is 4.74 Å². The van der Waals surface area contributed by atoms with Crippen LogP contribution in [0.25, 0.3) is 0 Å². The number of hydrogen-bond acceptors (Lipinski definition) is 5. The van der Waals surface area contributed by atoms with Crippen molar-refractivity contribution >= 4 is 11.9 Å². The highest BCUT2D eigenvalue weighted by molar-refractivity contribution is 5.76. The molecule has 2 atom stereocenters. The molecule has 1 amide bonds. The fourth-order valence-corrected chi connectivity index (χ4v) is 8.58. The Morgan fingerprint density at radius 2 is 0.770 bits per heavy atom. The van der Waals surface area contributed by atoms with E-state index in [0.29, 0.717) is 25.9 Å². The van der Waals surface area contributed by atoms with Crippen LogP contribution in [0.2, 0.25) is 0 Å². The standard InChI is InChI=1S/C55H107NO5/c1-3-5-7-9-11-13-15-17-23-27-31-35-39-43-47-53(58)52(51-57)56-54(59)48-44-40-36-32-28-24-21-19-20-22-26-30-34-38-42-46-50-61-55(60)49-45-41-37-33-29-25-18-16-14-12-10-8-6-4-2/h19,21,52-53,57-58H,3-18,20,22-51H2,1-2H3,(H,56,59)/b21-19-. The molecule has 0 fully saturated rings. The molecule has 0 aliphatic heterocycles. The highest BCUT2D eigenvalue weighted by atomic mass is 16.5. The third-order valence-electron chi connectivity index (χ3n) is 12.8. The highest BCUT2D eigenvalue weighted by Gasteiger charge is 2.20. The fourth-order valence-electron chi connectivity index (χ4n) is 8.58. The second-order valence-electron chi connectivity index (χ2n) is 18.9. The molecule has 0 rings (SSSR count). The van der Waals surface area contributed by atoms with Crippen LogP contribution in [-0.2, 0) is 14.3 Å². The first-order valence-electron chi connectivity index (χ1n) is 27.4. The Morgan fingerprint density at radius 3 is 1.16 bits per heavy atom. The van der Waals surface area contributed by atoms with Crippen LogP contribution in [0.3, 0.4) is 0 Å². The topological polar surface area (TPSA) is 95.9 Å². The Morgan fingerprint density at radius 1 is 0.443 bits per heavy atom. The first-order chi connectivity index (χ1) is 30.0. The predicted octanol–water partition coefficient (Wildman–Crippen LogP) is 16.5.